The van der Waals surface area contributed by atoms with Crippen molar-refractivity contribution in [3.8, 4) is 0 Å². The Bertz CT molecular complexity index is 786. The number of rotatable bonds is 0. The van der Waals surface area contributed by atoms with Gasteiger partial charge in [0.1, 0.15) is 0 Å². The first kappa shape index (κ1) is 42.9. The number of likely N-dealkylation sites (tertiary alicyclic amines) is 2. The van der Waals surface area contributed by atoms with Gasteiger partial charge in [-0.1, -0.05) is 117 Å². The molecule has 4 fully saturated rings. The first-order valence-corrected chi connectivity index (χ1v) is 17.7. The fourth-order valence-electron chi connectivity index (χ4n) is 8.08. The molecule has 0 spiro atoms. The lowest BCUT2D eigenvalue weighted by Gasteiger charge is -2.46. The molecule has 2 heterocycles. The molecule has 0 radical (unpaired) electrons. The summed E-state index contributed by atoms with van der Waals surface area (Å²) in [6, 6.07) is 1.55. The molecule has 3 nitrogen and oxygen atoms in total. The third-order valence-corrected chi connectivity index (χ3v) is 9.60. The summed E-state index contributed by atoms with van der Waals surface area (Å²) in [4.78, 5) is 5.55. The monoisotopic (exact) mass is 608 g/mol. The Morgan fingerprint density at radius 1 is 0.512 bits per heavy atom. The quantitative estimate of drug-likeness (QED) is 0.298. The van der Waals surface area contributed by atoms with E-state index < -0.39 is 0 Å². The van der Waals surface area contributed by atoms with Crippen molar-refractivity contribution in [1.29, 1.82) is 0 Å². The second-order valence-corrected chi connectivity index (χ2v) is 22.6. The van der Waals surface area contributed by atoms with Crippen LogP contribution in [0.4, 0.5) is 0 Å². The second kappa shape index (κ2) is 13.9. The van der Waals surface area contributed by atoms with E-state index in [0.29, 0.717) is 38.2 Å². The van der Waals surface area contributed by atoms with E-state index in [2.05, 4.69) is 162 Å². The van der Waals surface area contributed by atoms with Crippen LogP contribution in [0.25, 0.3) is 0 Å². The van der Waals surface area contributed by atoms with Crippen LogP contribution in [-0.2, 0) is 0 Å². The van der Waals surface area contributed by atoms with Crippen molar-refractivity contribution >= 4 is 0 Å². The van der Waals surface area contributed by atoms with Crippen LogP contribution in [0, 0.1) is 50.7 Å². The summed E-state index contributed by atoms with van der Waals surface area (Å²) in [6.07, 6.45) is 4.42. The van der Waals surface area contributed by atoms with Crippen molar-refractivity contribution in [2.45, 2.75) is 195 Å². The fraction of sp³-hybridized carbons (Fsp3) is 1.00. The van der Waals surface area contributed by atoms with Crippen LogP contribution in [0.1, 0.15) is 172 Å². The summed E-state index contributed by atoms with van der Waals surface area (Å²) >= 11 is 0. The van der Waals surface area contributed by atoms with E-state index in [4.69, 9.17) is 0 Å². The zero-order valence-electron chi connectivity index (χ0n) is 34.1. The predicted molar refractivity (Wildman–Crippen MR) is 196 cm³/mol. The van der Waals surface area contributed by atoms with Gasteiger partial charge in [-0.3, -0.25) is 9.80 Å². The van der Waals surface area contributed by atoms with E-state index in [-0.39, 0.29) is 6.15 Å². The van der Waals surface area contributed by atoms with Crippen molar-refractivity contribution in [3.05, 3.63) is 0 Å². The number of hydrogen-bond donors (Lipinski definition) is 1. The molecule has 2 saturated heterocycles. The smallest absolute Gasteiger partial charge is 0.0186 e. The minimum atomic E-state index is 0. The van der Waals surface area contributed by atoms with Crippen LogP contribution in [0.15, 0.2) is 0 Å². The van der Waals surface area contributed by atoms with Crippen LogP contribution < -0.4 is 6.15 Å². The highest BCUT2D eigenvalue weighted by Crippen LogP contribution is 2.68. The van der Waals surface area contributed by atoms with Crippen molar-refractivity contribution in [1.82, 2.24) is 16.0 Å². The Hall–Kier alpha value is -0.120. The molecule has 2 aliphatic carbocycles. The summed E-state index contributed by atoms with van der Waals surface area (Å²) in [5, 5.41) is 0. The molecule has 3 heteroatoms. The minimum Gasteiger partial charge on any atom is -0.344 e. The van der Waals surface area contributed by atoms with Crippen LogP contribution in [-0.4, -0.2) is 46.1 Å². The average molecular weight is 608 g/mol. The Morgan fingerprint density at radius 2 is 0.860 bits per heavy atom. The summed E-state index contributed by atoms with van der Waals surface area (Å²) in [5.41, 5.74) is 3.08. The zero-order valence-corrected chi connectivity index (χ0v) is 34.1. The van der Waals surface area contributed by atoms with Gasteiger partial charge in [0.15, 0.2) is 0 Å². The van der Waals surface area contributed by atoms with Crippen molar-refractivity contribution in [2.24, 2.45) is 50.7 Å². The molecule has 0 aromatic heterocycles. The van der Waals surface area contributed by atoms with Crippen molar-refractivity contribution < 1.29 is 0 Å². The molecule has 4 aliphatic rings. The first-order valence-electron chi connectivity index (χ1n) is 17.7. The summed E-state index contributed by atoms with van der Waals surface area (Å²) in [5.74, 6) is 3.82. The highest BCUT2D eigenvalue weighted by Gasteiger charge is 2.69. The van der Waals surface area contributed by atoms with Crippen molar-refractivity contribution in [3.63, 3.8) is 0 Å². The van der Waals surface area contributed by atoms with Gasteiger partial charge in [0.2, 0.25) is 0 Å². The zero-order chi connectivity index (χ0) is 33.7. The van der Waals surface area contributed by atoms with Crippen LogP contribution in [0.5, 0.6) is 0 Å². The van der Waals surface area contributed by atoms with Gasteiger partial charge in [-0.05, 0) is 105 Å². The Labute approximate surface area is 274 Å². The van der Waals surface area contributed by atoms with Gasteiger partial charge in [-0.25, -0.2) is 0 Å². The molecule has 2 saturated carbocycles. The minimum absolute atomic E-state index is 0. The van der Waals surface area contributed by atoms with Gasteiger partial charge in [0.05, 0.1) is 0 Å². The number of piperidine rings is 1. The summed E-state index contributed by atoms with van der Waals surface area (Å²) in [7, 11) is 0. The molecule has 3 N–H and O–H groups in total. The molecular weight excluding hydrogens is 522 g/mol. The van der Waals surface area contributed by atoms with Crippen molar-refractivity contribution in [2.75, 3.05) is 13.1 Å². The van der Waals surface area contributed by atoms with Gasteiger partial charge in [-0.15, -0.1) is 0 Å². The number of nitrogens with zero attached hydrogens (tertiary/aromatic N) is 2. The SMILES string of the molecule is CC(C)(C)C.CC(C)(C)C.CC(C)(C)[C@@H]1[C@@H]2[C@H](CN1C(C)(C)C)C2(C)C.CC(C)(C)[C@@H]1[C@H]2CCC[C@H]2CN1C(C)(C)C.N. The van der Waals surface area contributed by atoms with Crippen LogP contribution in [0.3, 0.4) is 0 Å². The maximum absolute atomic E-state index is 2.79. The van der Waals surface area contributed by atoms with Gasteiger partial charge in [0, 0.05) is 36.3 Å². The molecular formula is C40H85N3. The maximum Gasteiger partial charge on any atom is 0.0186 e. The second-order valence-electron chi connectivity index (χ2n) is 22.6. The standard InChI is InChI=1S/2C15H29N.2C5H12.H3N/c1-13(2,3)12-11-10(15(11,7)8)9-16(12)14(4,5)6;1-14(2,3)13-12-9-7-8-11(12)10-16(13)15(4,5)6;2*1-5(2,3)4;/h10-12H,9H2,1-8H3;11-13H,7-10H2,1-6H3;2*1-4H3;1H3/t10-,11-,12-;11-,12-,13-;;;/m00.../s1. The average Bonchev–Trinajstić information content (AvgIpc) is 3.16. The van der Waals surface area contributed by atoms with E-state index in [1.807, 2.05) is 0 Å². The number of fused-ring (bicyclic) bond motifs is 2. The third kappa shape index (κ3) is 12.9. The van der Waals surface area contributed by atoms with Crippen LogP contribution >= 0.6 is 0 Å². The topological polar surface area (TPSA) is 41.5 Å². The van der Waals surface area contributed by atoms with E-state index in [1.54, 1.807) is 0 Å². The molecule has 6 atom stereocenters. The lowest BCUT2D eigenvalue weighted by Crippen LogP contribution is -2.53. The summed E-state index contributed by atoms with van der Waals surface area (Å²) < 4.78 is 0. The van der Waals surface area contributed by atoms with E-state index in [1.165, 1.54) is 32.4 Å². The normalized spacial score (nSPS) is 30.8. The van der Waals surface area contributed by atoms with E-state index in [0.717, 1.165) is 35.8 Å². The number of hydrogen-bond acceptors (Lipinski definition) is 3. The largest absolute Gasteiger partial charge is 0.344 e. The van der Waals surface area contributed by atoms with Gasteiger partial charge in [0.25, 0.3) is 0 Å². The Balaban J connectivity index is 0.000000617. The highest BCUT2D eigenvalue weighted by molar-refractivity contribution is 5.19. The molecule has 0 aromatic rings. The van der Waals surface area contributed by atoms with Gasteiger partial charge >= 0.3 is 0 Å². The lowest BCUT2D eigenvalue weighted by atomic mass is 9.77. The highest BCUT2D eigenvalue weighted by atomic mass is 15.3. The fourth-order valence-corrected chi connectivity index (χ4v) is 8.08. The maximum atomic E-state index is 2.79. The Morgan fingerprint density at radius 3 is 1.19 bits per heavy atom. The Kier molecular flexibility index (Phi) is 13.9. The molecule has 0 bridgehead atoms. The van der Waals surface area contributed by atoms with Gasteiger partial charge in [-0.2, -0.15) is 0 Å². The van der Waals surface area contributed by atoms with E-state index >= 15 is 0 Å². The van der Waals surface area contributed by atoms with Crippen LogP contribution in [0.2, 0.25) is 0 Å². The lowest BCUT2D eigenvalue weighted by molar-refractivity contribution is 0.0211. The molecule has 2 aliphatic heterocycles. The molecule has 0 amide bonds. The molecule has 4 rings (SSSR count). The van der Waals surface area contributed by atoms with E-state index in [9.17, 15) is 0 Å². The molecule has 43 heavy (non-hydrogen) atoms. The van der Waals surface area contributed by atoms with Gasteiger partial charge < -0.3 is 6.15 Å². The first-order chi connectivity index (χ1) is 18.2. The molecule has 260 valence electrons. The predicted octanol–water partition coefficient (Wildman–Crippen LogP) is 12.0. The molecule has 0 unspecified atom stereocenters. The summed E-state index contributed by atoms with van der Waals surface area (Å²) in [6.45, 7) is 53.8. The molecule has 0 aromatic carbocycles. The third-order valence-electron chi connectivity index (χ3n) is 9.60.